The molecule has 29 heavy (non-hydrogen) atoms. The summed E-state index contributed by atoms with van der Waals surface area (Å²) in [5.74, 6) is -0.0541. The lowest BCUT2D eigenvalue weighted by Gasteiger charge is -2.05. The fourth-order valence-electron chi connectivity index (χ4n) is 2.81. The summed E-state index contributed by atoms with van der Waals surface area (Å²) in [4.78, 5) is 48.1. The van der Waals surface area contributed by atoms with Gasteiger partial charge in [0.25, 0.3) is 11.1 Å². The van der Waals surface area contributed by atoms with E-state index in [1.54, 1.807) is 24.3 Å². The van der Waals surface area contributed by atoms with Crippen LogP contribution >= 0.6 is 11.3 Å². The number of rotatable bonds is 6. The number of carbonyl (C=O) groups is 1. The molecule has 148 valence electrons. The monoisotopic (exact) mass is 411 g/mol. The van der Waals surface area contributed by atoms with Crippen molar-refractivity contribution in [3.63, 3.8) is 0 Å². The van der Waals surface area contributed by atoms with Crippen molar-refractivity contribution in [2.75, 3.05) is 0 Å². The first-order valence-electron chi connectivity index (χ1n) is 9.05. The molecule has 0 unspecified atom stereocenters. The van der Waals surface area contributed by atoms with Gasteiger partial charge in [-0.25, -0.2) is 9.97 Å². The fraction of sp³-hybridized carbons (Fsp3) is 0.263. The number of hydrogen-bond acceptors (Lipinski definition) is 8. The number of aryl methyl sites for hydroxylation is 2. The van der Waals surface area contributed by atoms with Crippen LogP contribution in [0.4, 0.5) is 0 Å². The third-order valence-corrected chi connectivity index (χ3v) is 5.30. The number of carbonyl (C=O) groups excluding carboxylic acids is 1. The molecule has 0 saturated carbocycles. The van der Waals surface area contributed by atoms with Crippen LogP contribution in [0.3, 0.4) is 0 Å². The van der Waals surface area contributed by atoms with E-state index in [0.29, 0.717) is 33.8 Å². The predicted molar refractivity (Wildman–Crippen MR) is 107 cm³/mol. The van der Waals surface area contributed by atoms with E-state index >= 15 is 0 Å². The van der Waals surface area contributed by atoms with Gasteiger partial charge >= 0.3 is 5.97 Å². The summed E-state index contributed by atoms with van der Waals surface area (Å²) in [6.07, 6.45) is 0.995. The first-order chi connectivity index (χ1) is 14.0. The molecular formula is C19H17N5O4S. The summed E-state index contributed by atoms with van der Waals surface area (Å²) in [6, 6.07) is 8.31. The molecule has 1 N–H and O–H groups in total. The zero-order valence-corrected chi connectivity index (χ0v) is 16.4. The first-order valence-corrected chi connectivity index (χ1v) is 9.87. The average molecular weight is 411 g/mol. The zero-order valence-electron chi connectivity index (χ0n) is 15.5. The van der Waals surface area contributed by atoms with Gasteiger partial charge in [0, 0.05) is 12.5 Å². The summed E-state index contributed by atoms with van der Waals surface area (Å²) < 4.78 is 6.47. The van der Waals surface area contributed by atoms with Crippen LogP contribution in [0.2, 0.25) is 0 Å². The number of hydrogen-bond donors (Lipinski definition) is 1. The Kier molecular flexibility index (Phi) is 5.17. The number of esters is 1. The molecule has 10 heteroatoms. The van der Waals surface area contributed by atoms with Gasteiger partial charge in [0.05, 0.1) is 23.0 Å². The molecule has 1 aromatic carbocycles. The van der Waals surface area contributed by atoms with Crippen molar-refractivity contribution in [3.8, 4) is 0 Å². The van der Waals surface area contributed by atoms with Gasteiger partial charge in [0.1, 0.15) is 17.4 Å². The number of nitrogens with zero attached hydrogens (tertiary/aromatic N) is 4. The Morgan fingerprint density at radius 1 is 1.24 bits per heavy atom. The molecule has 0 bridgehead atoms. The maximum atomic E-state index is 12.1. The maximum Gasteiger partial charge on any atom is 0.306 e. The molecule has 3 aromatic heterocycles. The predicted octanol–water partition coefficient (Wildman–Crippen LogP) is 1.63. The second-order valence-electron chi connectivity index (χ2n) is 6.32. The van der Waals surface area contributed by atoms with Gasteiger partial charge in [-0.2, -0.15) is 9.61 Å². The standard InChI is InChI=1S/C19H17N5O4S/c1-2-15-23-24-16(25)9-11(20-19(24)29-15)10-28-17(26)8-7-14-21-13-6-4-3-5-12(13)18(27)22-14/h3-6,9H,2,7-8,10H2,1H3,(H,21,22,27). The molecule has 0 amide bonds. The van der Waals surface area contributed by atoms with Crippen molar-refractivity contribution in [2.24, 2.45) is 0 Å². The van der Waals surface area contributed by atoms with Gasteiger partial charge in [0.2, 0.25) is 4.96 Å². The molecule has 4 aromatic rings. The minimum Gasteiger partial charge on any atom is -0.459 e. The number of aromatic amines is 1. The highest BCUT2D eigenvalue weighted by molar-refractivity contribution is 7.16. The molecule has 0 atom stereocenters. The number of fused-ring (bicyclic) bond motifs is 2. The van der Waals surface area contributed by atoms with Crippen LogP contribution in [-0.4, -0.2) is 30.5 Å². The Hall–Kier alpha value is -3.40. The van der Waals surface area contributed by atoms with Gasteiger partial charge < -0.3 is 9.72 Å². The van der Waals surface area contributed by atoms with E-state index in [1.807, 2.05) is 6.92 Å². The molecule has 0 fully saturated rings. The third-order valence-electron chi connectivity index (χ3n) is 4.25. The molecule has 0 aliphatic heterocycles. The van der Waals surface area contributed by atoms with Crippen molar-refractivity contribution in [3.05, 3.63) is 67.6 Å². The van der Waals surface area contributed by atoms with Gasteiger partial charge in [-0.15, -0.1) is 0 Å². The van der Waals surface area contributed by atoms with Crippen LogP contribution in [-0.2, 0) is 29.0 Å². The summed E-state index contributed by atoms with van der Waals surface area (Å²) in [5.41, 5.74) is 0.392. The van der Waals surface area contributed by atoms with E-state index in [1.165, 1.54) is 21.9 Å². The lowest BCUT2D eigenvalue weighted by Crippen LogP contribution is -2.17. The number of benzene rings is 1. The maximum absolute atomic E-state index is 12.1. The largest absolute Gasteiger partial charge is 0.459 e. The molecule has 9 nitrogen and oxygen atoms in total. The van der Waals surface area contributed by atoms with Crippen molar-refractivity contribution >= 4 is 33.2 Å². The Bertz CT molecular complexity index is 1320. The fourth-order valence-corrected chi connectivity index (χ4v) is 3.67. The van der Waals surface area contributed by atoms with Crippen LogP contribution in [0, 0.1) is 0 Å². The Balaban J connectivity index is 1.40. The molecule has 0 spiro atoms. The molecule has 0 aliphatic carbocycles. The minimum atomic E-state index is -0.471. The summed E-state index contributed by atoms with van der Waals surface area (Å²) in [6.45, 7) is 1.84. The van der Waals surface area contributed by atoms with Crippen molar-refractivity contribution in [2.45, 2.75) is 32.8 Å². The van der Waals surface area contributed by atoms with Gasteiger partial charge in [0.15, 0.2) is 0 Å². The molecule has 4 rings (SSSR count). The highest BCUT2D eigenvalue weighted by Crippen LogP contribution is 2.12. The molecule has 0 saturated heterocycles. The number of para-hydroxylation sites is 1. The molecule has 0 radical (unpaired) electrons. The second-order valence-corrected chi connectivity index (χ2v) is 7.36. The normalized spacial score (nSPS) is 11.2. The zero-order chi connectivity index (χ0) is 20.4. The van der Waals surface area contributed by atoms with Crippen LogP contribution < -0.4 is 11.1 Å². The highest BCUT2D eigenvalue weighted by Gasteiger charge is 2.11. The van der Waals surface area contributed by atoms with Crippen LogP contribution in [0.1, 0.15) is 29.9 Å². The number of aromatic nitrogens is 5. The van der Waals surface area contributed by atoms with Crippen LogP contribution in [0.25, 0.3) is 15.9 Å². The van der Waals surface area contributed by atoms with E-state index in [-0.39, 0.29) is 30.6 Å². The van der Waals surface area contributed by atoms with Gasteiger partial charge in [-0.05, 0) is 18.6 Å². The lowest BCUT2D eigenvalue weighted by molar-refractivity contribution is -0.145. The van der Waals surface area contributed by atoms with Gasteiger partial charge in [-0.3, -0.25) is 14.4 Å². The summed E-state index contributed by atoms with van der Waals surface area (Å²) in [7, 11) is 0. The Labute approximate surface area is 168 Å². The molecule has 0 aliphatic rings. The lowest BCUT2D eigenvalue weighted by atomic mass is 10.2. The third kappa shape index (κ3) is 4.06. The van der Waals surface area contributed by atoms with E-state index in [9.17, 15) is 14.4 Å². The highest BCUT2D eigenvalue weighted by atomic mass is 32.1. The number of nitrogens with one attached hydrogen (secondary N) is 1. The summed E-state index contributed by atoms with van der Waals surface area (Å²) in [5, 5.41) is 5.48. The first kappa shape index (κ1) is 18.9. The van der Waals surface area contributed by atoms with Crippen molar-refractivity contribution in [1.29, 1.82) is 0 Å². The van der Waals surface area contributed by atoms with E-state index in [4.69, 9.17) is 4.74 Å². The smallest absolute Gasteiger partial charge is 0.306 e. The number of H-pyrrole nitrogens is 1. The van der Waals surface area contributed by atoms with E-state index < -0.39 is 5.97 Å². The topological polar surface area (TPSA) is 119 Å². The molecule has 3 heterocycles. The van der Waals surface area contributed by atoms with Crippen LogP contribution in [0.5, 0.6) is 0 Å². The van der Waals surface area contributed by atoms with Crippen LogP contribution in [0.15, 0.2) is 39.9 Å². The van der Waals surface area contributed by atoms with Crippen molar-refractivity contribution in [1.82, 2.24) is 24.6 Å². The Morgan fingerprint density at radius 2 is 2.07 bits per heavy atom. The summed E-state index contributed by atoms with van der Waals surface area (Å²) >= 11 is 1.33. The van der Waals surface area contributed by atoms with Crippen molar-refractivity contribution < 1.29 is 9.53 Å². The van der Waals surface area contributed by atoms with E-state index in [2.05, 4.69) is 20.1 Å². The SMILES string of the molecule is CCc1nn2c(=O)cc(COC(=O)CCc3nc4ccccc4c(=O)[nH]3)nc2s1. The number of ether oxygens (including phenoxy) is 1. The Morgan fingerprint density at radius 3 is 2.90 bits per heavy atom. The van der Waals surface area contributed by atoms with E-state index in [0.717, 1.165) is 5.01 Å². The minimum absolute atomic E-state index is 0.0447. The average Bonchev–Trinajstić information content (AvgIpc) is 3.15. The second kappa shape index (κ2) is 7.92. The molecular weight excluding hydrogens is 394 g/mol. The quantitative estimate of drug-likeness (QED) is 0.479. The van der Waals surface area contributed by atoms with Gasteiger partial charge in [-0.1, -0.05) is 30.4 Å².